The molecule has 0 aromatic carbocycles. The van der Waals surface area contributed by atoms with E-state index in [0.29, 0.717) is 18.2 Å². The molecule has 0 bridgehead atoms. The number of aromatic nitrogens is 5. The summed E-state index contributed by atoms with van der Waals surface area (Å²) in [7, 11) is 1.73. The van der Waals surface area contributed by atoms with Gasteiger partial charge in [0.05, 0.1) is 11.9 Å². The molecule has 2 N–H and O–H groups in total. The molecule has 3 heterocycles. The number of thioether (sulfide) groups is 1. The first kappa shape index (κ1) is 17.6. The minimum absolute atomic E-state index is 0.0959. The quantitative estimate of drug-likeness (QED) is 0.689. The Morgan fingerprint density at radius 1 is 1.52 bits per heavy atom. The van der Waals surface area contributed by atoms with Gasteiger partial charge in [0.2, 0.25) is 11.1 Å². The lowest BCUT2D eigenvalue weighted by atomic mass is 10.1. The molecular weight excluding hydrogens is 342 g/mol. The van der Waals surface area contributed by atoms with Crippen molar-refractivity contribution in [3.8, 4) is 0 Å². The van der Waals surface area contributed by atoms with Crippen LogP contribution in [0.4, 0.5) is 5.82 Å². The minimum atomic E-state index is -0.324. The third-order valence-corrected chi connectivity index (χ3v) is 4.96. The number of piperidine rings is 1. The van der Waals surface area contributed by atoms with Crippen molar-refractivity contribution in [1.29, 1.82) is 0 Å². The fourth-order valence-corrected chi connectivity index (χ4v) is 3.40. The third-order valence-electron chi connectivity index (χ3n) is 3.95. The fraction of sp³-hybridized carbons (Fsp3) is 0.533. The molecule has 0 spiro atoms. The van der Waals surface area contributed by atoms with Crippen LogP contribution in [-0.2, 0) is 18.4 Å². The molecule has 2 aromatic heterocycles. The number of rotatable bonds is 6. The van der Waals surface area contributed by atoms with Gasteiger partial charge in [-0.15, -0.1) is 5.10 Å². The number of anilines is 1. The summed E-state index contributed by atoms with van der Waals surface area (Å²) in [5, 5.41) is 24.5. The number of tetrazole rings is 1. The van der Waals surface area contributed by atoms with Crippen LogP contribution in [0.2, 0.25) is 0 Å². The van der Waals surface area contributed by atoms with Crippen LogP contribution < -0.4 is 10.2 Å². The number of amides is 1. The highest BCUT2D eigenvalue weighted by Crippen LogP contribution is 2.22. The molecule has 10 heteroatoms. The summed E-state index contributed by atoms with van der Waals surface area (Å²) in [6.07, 6.45) is 3.17. The molecule has 9 nitrogen and oxygen atoms in total. The number of pyridine rings is 1. The minimum Gasteiger partial charge on any atom is -0.391 e. The molecule has 0 unspecified atom stereocenters. The molecule has 3 rings (SSSR count). The van der Waals surface area contributed by atoms with Crippen LogP contribution in [0.25, 0.3) is 0 Å². The van der Waals surface area contributed by atoms with E-state index in [9.17, 15) is 9.90 Å². The molecule has 1 saturated heterocycles. The molecular formula is C15H21N7O2S. The maximum Gasteiger partial charge on any atom is 0.230 e. The zero-order valence-corrected chi connectivity index (χ0v) is 14.8. The molecule has 1 fully saturated rings. The van der Waals surface area contributed by atoms with E-state index in [1.807, 2.05) is 12.1 Å². The lowest BCUT2D eigenvalue weighted by molar-refractivity contribution is -0.118. The van der Waals surface area contributed by atoms with E-state index in [4.69, 9.17) is 0 Å². The smallest absolute Gasteiger partial charge is 0.230 e. The third kappa shape index (κ3) is 4.67. The van der Waals surface area contributed by atoms with Crippen molar-refractivity contribution in [2.24, 2.45) is 7.05 Å². The predicted molar refractivity (Wildman–Crippen MR) is 93.1 cm³/mol. The molecule has 1 aliphatic heterocycles. The highest BCUT2D eigenvalue weighted by atomic mass is 32.2. The van der Waals surface area contributed by atoms with Crippen molar-refractivity contribution in [1.82, 2.24) is 30.5 Å². The van der Waals surface area contributed by atoms with Crippen LogP contribution in [-0.4, -0.2) is 61.2 Å². The molecule has 0 radical (unpaired) electrons. The van der Waals surface area contributed by atoms with E-state index in [-0.39, 0.29) is 17.8 Å². The Kier molecular flexibility index (Phi) is 5.82. The van der Waals surface area contributed by atoms with E-state index in [1.165, 1.54) is 16.4 Å². The summed E-state index contributed by atoms with van der Waals surface area (Å²) < 4.78 is 1.53. The molecule has 1 amide bonds. The fourth-order valence-electron chi connectivity index (χ4n) is 2.72. The zero-order valence-electron chi connectivity index (χ0n) is 14.0. The Balaban J connectivity index is 1.56. The second kappa shape index (κ2) is 8.26. The molecule has 1 aliphatic rings. The van der Waals surface area contributed by atoms with Gasteiger partial charge in [-0.1, -0.05) is 17.8 Å². The molecule has 0 saturated carbocycles. The van der Waals surface area contributed by atoms with E-state index < -0.39 is 0 Å². The molecule has 2 aromatic rings. The highest BCUT2D eigenvalue weighted by molar-refractivity contribution is 7.99. The number of nitrogens with zero attached hydrogens (tertiary/aromatic N) is 6. The standard InChI is InChI=1S/C15H21N7O2S/c1-21-15(18-19-20-21)25-10-13(24)17-8-11-4-2-6-16-14(11)22-7-3-5-12(23)9-22/h2,4,6,12,23H,3,5,7-10H2,1H3,(H,17,24)/t12-/m1/s1. The Hall–Kier alpha value is -2.20. The van der Waals surface area contributed by atoms with Crippen molar-refractivity contribution in [2.75, 3.05) is 23.7 Å². The van der Waals surface area contributed by atoms with Crippen LogP contribution >= 0.6 is 11.8 Å². The SMILES string of the molecule is Cn1nnnc1SCC(=O)NCc1cccnc1N1CCC[C@@H](O)C1. The lowest BCUT2D eigenvalue weighted by Crippen LogP contribution is -2.39. The maximum atomic E-state index is 12.1. The predicted octanol–water partition coefficient (Wildman–Crippen LogP) is -0.0253. The second-order valence-corrected chi connectivity index (χ2v) is 6.82. The summed E-state index contributed by atoms with van der Waals surface area (Å²) in [4.78, 5) is 18.6. The Morgan fingerprint density at radius 2 is 2.40 bits per heavy atom. The van der Waals surface area contributed by atoms with E-state index >= 15 is 0 Å². The van der Waals surface area contributed by atoms with Crippen LogP contribution in [0, 0.1) is 0 Å². The van der Waals surface area contributed by atoms with Crippen LogP contribution in [0.5, 0.6) is 0 Å². The Morgan fingerprint density at radius 3 is 3.16 bits per heavy atom. The monoisotopic (exact) mass is 363 g/mol. The molecule has 1 atom stereocenters. The first-order chi connectivity index (χ1) is 12.1. The topological polar surface area (TPSA) is 109 Å². The number of aliphatic hydroxyl groups is 1. The van der Waals surface area contributed by atoms with Gasteiger partial charge in [0.1, 0.15) is 5.82 Å². The van der Waals surface area contributed by atoms with Crippen molar-refractivity contribution in [3.05, 3.63) is 23.9 Å². The van der Waals surface area contributed by atoms with Crippen LogP contribution in [0.3, 0.4) is 0 Å². The van der Waals surface area contributed by atoms with Gasteiger partial charge in [0.25, 0.3) is 0 Å². The van der Waals surface area contributed by atoms with Crippen LogP contribution in [0.1, 0.15) is 18.4 Å². The number of hydrogen-bond acceptors (Lipinski definition) is 8. The normalized spacial score (nSPS) is 17.5. The van der Waals surface area contributed by atoms with Crippen molar-refractivity contribution >= 4 is 23.5 Å². The summed E-state index contributed by atoms with van der Waals surface area (Å²) in [6.45, 7) is 1.84. The zero-order chi connectivity index (χ0) is 17.6. The highest BCUT2D eigenvalue weighted by Gasteiger charge is 2.21. The first-order valence-corrected chi connectivity index (χ1v) is 9.11. The number of carbonyl (C=O) groups excluding carboxylic acids is 1. The van der Waals surface area contributed by atoms with Gasteiger partial charge >= 0.3 is 0 Å². The van der Waals surface area contributed by atoms with E-state index in [0.717, 1.165) is 30.8 Å². The number of hydrogen-bond donors (Lipinski definition) is 2. The molecule has 0 aliphatic carbocycles. The summed E-state index contributed by atoms with van der Waals surface area (Å²) in [5.74, 6) is 0.972. The van der Waals surface area contributed by atoms with Gasteiger partial charge in [-0.25, -0.2) is 9.67 Å². The average molecular weight is 363 g/mol. The van der Waals surface area contributed by atoms with Gasteiger partial charge < -0.3 is 15.3 Å². The maximum absolute atomic E-state index is 12.1. The average Bonchev–Trinajstić information content (AvgIpc) is 3.03. The number of nitrogens with one attached hydrogen (secondary N) is 1. The Labute approximate surface area is 149 Å². The summed E-state index contributed by atoms with van der Waals surface area (Å²) >= 11 is 1.29. The number of β-amino-alcohol motifs (C(OH)–C–C–N with tert-alkyl or cyclic N) is 1. The van der Waals surface area contributed by atoms with E-state index in [1.54, 1.807) is 13.2 Å². The van der Waals surface area contributed by atoms with Crippen molar-refractivity contribution in [3.63, 3.8) is 0 Å². The Bertz CT molecular complexity index is 723. The number of aliphatic hydroxyl groups excluding tert-OH is 1. The van der Waals surface area contributed by atoms with Crippen LogP contribution in [0.15, 0.2) is 23.5 Å². The second-order valence-electron chi connectivity index (χ2n) is 5.88. The van der Waals surface area contributed by atoms with Gasteiger partial charge in [-0.05, 0) is 29.3 Å². The first-order valence-electron chi connectivity index (χ1n) is 8.12. The van der Waals surface area contributed by atoms with Crippen molar-refractivity contribution in [2.45, 2.75) is 30.6 Å². The van der Waals surface area contributed by atoms with Gasteiger partial charge in [-0.3, -0.25) is 4.79 Å². The van der Waals surface area contributed by atoms with Gasteiger partial charge in [-0.2, -0.15) is 0 Å². The summed E-state index contributed by atoms with van der Waals surface area (Å²) in [5.41, 5.74) is 0.940. The van der Waals surface area contributed by atoms with Crippen molar-refractivity contribution < 1.29 is 9.90 Å². The number of aryl methyl sites for hydroxylation is 1. The van der Waals surface area contributed by atoms with Gasteiger partial charge in [0, 0.05) is 38.4 Å². The lowest BCUT2D eigenvalue weighted by Gasteiger charge is -2.32. The molecule has 134 valence electrons. The molecule has 25 heavy (non-hydrogen) atoms. The largest absolute Gasteiger partial charge is 0.391 e. The van der Waals surface area contributed by atoms with E-state index in [2.05, 4.69) is 30.7 Å². The number of carbonyl (C=O) groups is 1. The van der Waals surface area contributed by atoms with Gasteiger partial charge in [0.15, 0.2) is 0 Å². The summed E-state index contributed by atoms with van der Waals surface area (Å²) in [6, 6.07) is 3.80.